The van der Waals surface area contributed by atoms with E-state index in [1.807, 2.05) is 0 Å². The van der Waals surface area contributed by atoms with Crippen LogP contribution >= 0.6 is 0 Å². The molecule has 0 amide bonds. The molecule has 0 aliphatic rings. The van der Waals surface area contributed by atoms with Crippen molar-refractivity contribution < 1.29 is 14.6 Å². The first-order valence-electron chi connectivity index (χ1n) is 4.56. The van der Waals surface area contributed by atoms with Gasteiger partial charge in [-0.3, -0.25) is 0 Å². The lowest BCUT2D eigenvalue weighted by Crippen LogP contribution is -2.31. The summed E-state index contributed by atoms with van der Waals surface area (Å²) in [6.45, 7) is 1.71. The molecule has 1 heterocycles. The second kappa shape index (κ2) is 4.46. The van der Waals surface area contributed by atoms with Crippen molar-refractivity contribution in [2.75, 3.05) is 20.8 Å². The van der Waals surface area contributed by atoms with Crippen molar-refractivity contribution in [2.24, 2.45) is 5.73 Å². The van der Waals surface area contributed by atoms with E-state index in [0.29, 0.717) is 17.2 Å². The van der Waals surface area contributed by atoms with Gasteiger partial charge in [0.1, 0.15) is 11.4 Å². The van der Waals surface area contributed by atoms with Gasteiger partial charge in [-0.15, -0.1) is 0 Å². The summed E-state index contributed by atoms with van der Waals surface area (Å²) in [5, 5.41) is 10.0. The van der Waals surface area contributed by atoms with Gasteiger partial charge >= 0.3 is 0 Å². The van der Waals surface area contributed by atoms with Crippen molar-refractivity contribution >= 4 is 0 Å². The van der Waals surface area contributed by atoms with Crippen LogP contribution in [-0.2, 0) is 5.60 Å². The average Bonchev–Trinajstić information content (AvgIpc) is 2.28. The highest BCUT2D eigenvalue weighted by Gasteiger charge is 2.26. The maximum absolute atomic E-state index is 10.0. The Kier molecular flexibility index (Phi) is 3.49. The molecule has 1 aromatic heterocycles. The molecule has 0 spiro atoms. The van der Waals surface area contributed by atoms with Crippen LogP contribution in [0, 0.1) is 0 Å². The monoisotopic (exact) mass is 212 g/mol. The van der Waals surface area contributed by atoms with Gasteiger partial charge in [0.05, 0.1) is 20.4 Å². The van der Waals surface area contributed by atoms with E-state index in [-0.39, 0.29) is 6.54 Å². The van der Waals surface area contributed by atoms with Crippen LogP contribution in [0.25, 0.3) is 0 Å². The quantitative estimate of drug-likeness (QED) is 0.748. The molecule has 5 heteroatoms. The normalized spacial score (nSPS) is 14.5. The van der Waals surface area contributed by atoms with E-state index in [2.05, 4.69) is 4.98 Å². The Hall–Kier alpha value is -1.33. The lowest BCUT2D eigenvalue weighted by molar-refractivity contribution is 0.0636. The van der Waals surface area contributed by atoms with Crippen LogP contribution in [-0.4, -0.2) is 30.9 Å². The fourth-order valence-electron chi connectivity index (χ4n) is 1.23. The molecule has 0 aromatic carbocycles. The number of ether oxygens (including phenoxy) is 2. The first-order chi connectivity index (χ1) is 7.05. The molecule has 84 valence electrons. The van der Waals surface area contributed by atoms with Crippen LogP contribution in [0.3, 0.4) is 0 Å². The zero-order valence-corrected chi connectivity index (χ0v) is 9.15. The summed E-state index contributed by atoms with van der Waals surface area (Å²) in [5.41, 5.74) is 4.90. The van der Waals surface area contributed by atoms with Crippen molar-refractivity contribution in [1.82, 2.24) is 4.98 Å². The summed E-state index contributed by atoms with van der Waals surface area (Å²) in [7, 11) is 3.02. The molecule has 0 bridgehead atoms. The number of nitrogens with two attached hydrogens (primary N) is 1. The Bertz CT molecular complexity index is 339. The molecule has 0 aliphatic heterocycles. The zero-order chi connectivity index (χ0) is 11.5. The lowest BCUT2D eigenvalue weighted by Gasteiger charge is -2.23. The molecule has 3 N–H and O–H groups in total. The molecule has 0 radical (unpaired) electrons. The Morgan fingerprint density at radius 2 is 2.13 bits per heavy atom. The fraction of sp³-hybridized carbons (Fsp3) is 0.500. The number of rotatable bonds is 4. The molecule has 1 aromatic rings. The van der Waals surface area contributed by atoms with Gasteiger partial charge in [0, 0.05) is 18.2 Å². The van der Waals surface area contributed by atoms with Crippen LogP contribution in [0.15, 0.2) is 12.3 Å². The lowest BCUT2D eigenvalue weighted by atomic mass is 9.96. The summed E-state index contributed by atoms with van der Waals surface area (Å²) in [5.74, 6) is 0.908. The largest absolute Gasteiger partial charge is 0.495 e. The molecule has 15 heavy (non-hydrogen) atoms. The first kappa shape index (κ1) is 11.7. The van der Waals surface area contributed by atoms with Gasteiger partial charge in [-0.05, 0) is 6.92 Å². The van der Waals surface area contributed by atoms with Crippen LogP contribution in [0.2, 0.25) is 0 Å². The highest BCUT2D eigenvalue weighted by molar-refractivity contribution is 5.39. The molecule has 0 saturated carbocycles. The molecular weight excluding hydrogens is 196 g/mol. The van der Waals surface area contributed by atoms with E-state index in [1.165, 1.54) is 20.4 Å². The third-order valence-corrected chi connectivity index (χ3v) is 2.25. The van der Waals surface area contributed by atoms with Crippen LogP contribution in [0.1, 0.15) is 12.5 Å². The molecule has 0 fully saturated rings. The summed E-state index contributed by atoms with van der Waals surface area (Å²) < 4.78 is 10.1. The minimum Gasteiger partial charge on any atom is -0.495 e. The third-order valence-electron chi connectivity index (χ3n) is 2.25. The van der Waals surface area contributed by atoms with Gasteiger partial charge in [0.2, 0.25) is 5.88 Å². The maximum atomic E-state index is 10.0. The Morgan fingerprint density at radius 1 is 1.47 bits per heavy atom. The van der Waals surface area contributed by atoms with Gasteiger partial charge in [0.25, 0.3) is 0 Å². The van der Waals surface area contributed by atoms with Crippen LogP contribution in [0.5, 0.6) is 11.6 Å². The first-order valence-corrected chi connectivity index (χ1v) is 4.56. The molecule has 1 atom stereocenters. The summed E-state index contributed by atoms with van der Waals surface area (Å²) in [6.07, 6.45) is 1.50. The summed E-state index contributed by atoms with van der Waals surface area (Å²) in [4.78, 5) is 3.98. The number of pyridine rings is 1. The van der Waals surface area contributed by atoms with E-state index in [0.717, 1.165) is 0 Å². The number of methoxy groups -OCH3 is 2. The van der Waals surface area contributed by atoms with Crippen molar-refractivity contribution in [1.29, 1.82) is 0 Å². The topological polar surface area (TPSA) is 77.6 Å². The SMILES string of the molecule is COc1cc(C(C)(O)CN)c(OC)cn1. The Balaban J connectivity index is 3.23. The molecule has 0 saturated heterocycles. The maximum Gasteiger partial charge on any atom is 0.213 e. The van der Waals surface area contributed by atoms with Crippen molar-refractivity contribution in [2.45, 2.75) is 12.5 Å². The number of aromatic nitrogens is 1. The zero-order valence-electron chi connectivity index (χ0n) is 9.15. The van der Waals surface area contributed by atoms with Crippen LogP contribution < -0.4 is 15.2 Å². The Morgan fingerprint density at radius 3 is 2.60 bits per heavy atom. The van der Waals surface area contributed by atoms with Gasteiger partial charge < -0.3 is 20.3 Å². The van der Waals surface area contributed by atoms with E-state index in [4.69, 9.17) is 15.2 Å². The molecule has 1 rings (SSSR count). The minimum atomic E-state index is -1.15. The predicted molar refractivity (Wildman–Crippen MR) is 56.0 cm³/mol. The number of hydrogen-bond donors (Lipinski definition) is 2. The van der Waals surface area contributed by atoms with Crippen LogP contribution in [0.4, 0.5) is 0 Å². The van der Waals surface area contributed by atoms with Gasteiger partial charge in [-0.1, -0.05) is 0 Å². The third kappa shape index (κ3) is 2.37. The number of hydrogen-bond acceptors (Lipinski definition) is 5. The van der Waals surface area contributed by atoms with Crippen molar-refractivity contribution in [3.05, 3.63) is 17.8 Å². The highest BCUT2D eigenvalue weighted by atomic mass is 16.5. The van der Waals surface area contributed by atoms with E-state index in [1.54, 1.807) is 13.0 Å². The molecular formula is C10H16N2O3. The average molecular weight is 212 g/mol. The predicted octanol–water partition coefficient (Wildman–Crippen LogP) is 0.265. The smallest absolute Gasteiger partial charge is 0.213 e. The number of aliphatic hydroxyl groups is 1. The fourth-order valence-corrected chi connectivity index (χ4v) is 1.23. The van der Waals surface area contributed by atoms with E-state index < -0.39 is 5.60 Å². The minimum absolute atomic E-state index is 0.0938. The van der Waals surface area contributed by atoms with Gasteiger partial charge in [-0.2, -0.15) is 0 Å². The van der Waals surface area contributed by atoms with Gasteiger partial charge in [0.15, 0.2) is 0 Å². The molecule has 5 nitrogen and oxygen atoms in total. The molecule has 0 aliphatic carbocycles. The second-order valence-corrected chi connectivity index (χ2v) is 3.40. The van der Waals surface area contributed by atoms with Gasteiger partial charge in [-0.25, -0.2) is 4.98 Å². The molecule has 1 unspecified atom stereocenters. The number of nitrogens with zero attached hydrogens (tertiary/aromatic N) is 1. The van der Waals surface area contributed by atoms with Crippen molar-refractivity contribution in [3.8, 4) is 11.6 Å². The van der Waals surface area contributed by atoms with Crippen molar-refractivity contribution in [3.63, 3.8) is 0 Å². The summed E-state index contributed by atoms with van der Waals surface area (Å²) >= 11 is 0. The standard InChI is InChI=1S/C10H16N2O3/c1-10(13,6-11)7-4-9(15-3)12-5-8(7)14-2/h4-5,13H,6,11H2,1-3H3. The Labute approximate surface area is 88.8 Å². The summed E-state index contributed by atoms with van der Waals surface area (Å²) in [6, 6.07) is 1.62. The second-order valence-electron chi connectivity index (χ2n) is 3.40. The van der Waals surface area contributed by atoms with E-state index in [9.17, 15) is 5.11 Å². The van der Waals surface area contributed by atoms with E-state index >= 15 is 0 Å². The highest BCUT2D eigenvalue weighted by Crippen LogP contribution is 2.30.